The van der Waals surface area contributed by atoms with Crippen molar-refractivity contribution in [3.05, 3.63) is 57.9 Å². The minimum atomic E-state index is -0.733. The van der Waals surface area contributed by atoms with E-state index in [0.717, 1.165) is 12.1 Å². The van der Waals surface area contributed by atoms with Gasteiger partial charge in [0.1, 0.15) is 23.2 Å². The molecule has 2 aromatic carbocycles. The van der Waals surface area contributed by atoms with Gasteiger partial charge in [0.15, 0.2) is 0 Å². The van der Waals surface area contributed by atoms with Crippen molar-refractivity contribution in [3.8, 4) is 17.6 Å². The topological polar surface area (TPSA) is 76.2 Å². The third-order valence-corrected chi connectivity index (χ3v) is 3.44. The van der Waals surface area contributed by atoms with Crippen molar-refractivity contribution in [1.82, 2.24) is 0 Å². The summed E-state index contributed by atoms with van der Waals surface area (Å²) in [6, 6.07) is 9.97. The summed E-state index contributed by atoms with van der Waals surface area (Å²) in [4.78, 5) is 10.9. The van der Waals surface area contributed by atoms with E-state index >= 15 is 0 Å². The second-order valence-corrected chi connectivity index (χ2v) is 4.76. The Balaban J connectivity index is 2.49. The monoisotopic (exact) mass is 304 g/mol. The third kappa shape index (κ3) is 3.12. The summed E-state index contributed by atoms with van der Waals surface area (Å²) in [5.74, 6) is -0.650. The zero-order valence-corrected chi connectivity index (χ0v) is 11.7. The average Bonchev–Trinajstić information content (AvgIpc) is 2.48. The van der Waals surface area contributed by atoms with Crippen LogP contribution in [0, 0.1) is 27.3 Å². The third-order valence-electron chi connectivity index (χ3n) is 2.66. The number of nitriles is 1. The van der Waals surface area contributed by atoms with Gasteiger partial charge in [0.2, 0.25) is 5.75 Å². The van der Waals surface area contributed by atoms with Crippen LogP contribution in [-0.2, 0) is 0 Å². The minimum absolute atomic E-state index is 0.115. The first-order valence-electron chi connectivity index (χ1n) is 5.75. The standard InChI is InChI=1S/C14H9FN2O3S/c1-21-14-4-2-3-12(10(14)8-16)20-13-6-5-9(15)7-11(13)17(18)19/h2-7H,1H3. The Morgan fingerprint density at radius 2 is 2.10 bits per heavy atom. The molecular formula is C14H9FN2O3S. The number of hydrogen-bond donors (Lipinski definition) is 0. The number of ether oxygens (including phenoxy) is 1. The molecule has 0 aliphatic rings. The summed E-state index contributed by atoms with van der Waals surface area (Å²) in [7, 11) is 0. The normalized spacial score (nSPS) is 9.95. The van der Waals surface area contributed by atoms with E-state index in [4.69, 9.17) is 4.74 Å². The summed E-state index contributed by atoms with van der Waals surface area (Å²) in [5.41, 5.74) is -0.211. The smallest absolute Gasteiger partial charge is 0.314 e. The first kappa shape index (κ1) is 14.8. The maximum absolute atomic E-state index is 13.1. The SMILES string of the molecule is CSc1cccc(Oc2ccc(F)cc2[N+](=O)[O-])c1C#N. The van der Waals surface area contributed by atoms with Gasteiger partial charge in [-0.1, -0.05) is 6.07 Å². The predicted octanol–water partition coefficient (Wildman–Crippen LogP) is 4.12. The zero-order valence-electron chi connectivity index (χ0n) is 10.9. The Morgan fingerprint density at radius 1 is 1.33 bits per heavy atom. The molecule has 0 N–H and O–H groups in total. The number of thioether (sulfide) groups is 1. The Morgan fingerprint density at radius 3 is 2.71 bits per heavy atom. The molecule has 0 unspecified atom stereocenters. The Kier molecular flexibility index (Phi) is 4.40. The fraction of sp³-hybridized carbons (Fsp3) is 0.0714. The Hall–Kier alpha value is -2.59. The maximum atomic E-state index is 13.1. The van der Waals surface area contributed by atoms with Crippen molar-refractivity contribution in [1.29, 1.82) is 5.26 Å². The van der Waals surface area contributed by atoms with Gasteiger partial charge in [-0.05, 0) is 30.5 Å². The molecule has 2 aromatic rings. The van der Waals surface area contributed by atoms with Crippen molar-refractivity contribution in [2.75, 3.05) is 6.26 Å². The highest BCUT2D eigenvalue weighted by Crippen LogP contribution is 2.35. The molecule has 0 saturated carbocycles. The number of benzene rings is 2. The van der Waals surface area contributed by atoms with Crippen LogP contribution in [0.2, 0.25) is 0 Å². The first-order valence-corrected chi connectivity index (χ1v) is 6.98. The van der Waals surface area contributed by atoms with Gasteiger partial charge >= 0.3 is 5.69 Å². The van der Waals surface area contributed by atoms with Gasteiger partial charge in [-0.3, -0.25) is 10.1 Å². The average molecular weight is 304 g/mol. The second-order valence-electron chi connectivity index (χ2n) is 3.92. The Labute approximate surface area is 124 Å². The molecule has 21 heavy (non-hydrogen) atoms. The molecule has 0 heterocycles. The van der Waals surface area contributed by atoms with Gasteiger partial charge in [-0.2, -0.15) is 5.26 Å². The van der Waals surface area contributed by atoms with Gasteiger partial charge in [-0.25, -0.2) is 4.39 Å². The molecule has 7 heteroatoms. The Bertz CT molecular complexity index is 743. The van der Waals surface area contributed by atoms with Crippen molar-refractivity contribution in [3.63, 3.8) is 0 Å². The second kappa shape index (κ2) is 6.24. The van der Waals surface area contributed by atoms with Gasteiger partial charge < -0.3 is 4.74 Å². The summed E-state index contributed by atoms with van der Waals surface area (Å²) in [6.45, 7) is 0. The van der Waals surface area contributed by atoms with E-state index in [1.54, 1.807) is 18.4 Å². The van der Waals surface area contributed by atoms with Crippen LogP contribution in [0.5, 0.6) is 11.5 Å². The minimum Gasteiger partial charge on any atom is -0.449 e. The number of halogens is 1. The van der Waals surface area contributed by atoms with Gasteiger partial charge in [0.05, 0.1) is 11.0 Å². The van der Waals surface area contributed by atoms with Crippen molar-refractivity contribution >= 4 is 17.4 Å². The zero-order chi connectivity index (χ0) is 15.4. The van der Waals surface area contributed by atoms with E-state index in [1.165, 1.54) is 23.9 Å². The lowest BCUT2D eigenvalue weighted by Gasteiger charge is -2.09. The molecule has 0 radical (unpaired) electrons. The molecule has 0 atom stereocenters. The summed E-state index contributed by atoms with van der Waals surface area (Å²) in [5, 5.41) is 20.1. The van der Waals surface area contributed by atoms with Crippen LogP contribution in [0.25, 0.3) is 0 Å². The quantitative estimate of drug-likeness (QED) is 0.482. The number of rotatable bonds is 4. The van der Waals surface area contributed by atoms with Crippen LogP contribution in [-0.4, -0.2) is 11.2 Å². The van der Waals surface area contributed by atoms with E-state index in [1.807, 2.05) is 6.07 Å². The molecule has 0 spiro atoms. The number of nitro benzene ring substituents is 1. The molecule has 0 amide bonds. The molecule has 0 aliphatic heterocycles. The van der Waals surface area contributed by atoms with Crippen LogP contribution >= 0.6 is 11.8 Å². The van der Waals surface area contributed by atoms with E-state index in [-0.39, 0.29) is 17.1 Å². The lowest BCUT2D eigenvalue weighted by atomic mass is 10.2. The molecule has 5 nitrogen and oxygen atoms in total. The van der Waals surface area contributed by atoms with Gasteiger partial charge in [-0.15, -0.1) is 11.8 Å². The molecule has 0 aromatic heterocycles. The highest BCUT2D eigenvalue weighted by Gasteiger charge is 2.19. The van der Waals surface area contributed by atoms with Crippen LogP contribution in [0.4, 0.5) is 10.1 Å². The molecule has 0 saturated heterocycles. The van der Waals surface area contributed by atoms with E-state index < -0.39 is 16.4 Å². The highest BCUT2D eigenvalue weighted by molar-refractivity contribution is 7.98. The van der Waals surface area contributed by atoms with Gasteiger partial charge in [0, 0.05) is 4.90 Å². The van der Waals surface area contributed by atoms with E-state index in [2.05, 4.69) is 0 Å². The van der Waals surface area contributed by atoms with Crippen molar-refractivity contribution in [2.24, 2.45) is 0 Å². The highest BCUT2D eigenvalue weighted by atomic mass is 32.2. The van der Waals surface area contributed by atoms with Crippen molar-refractivity contribution < 1.29 is 14.1 Å². The largest absolute Gasteiger partial charge is 0.449 e. The molecule has 0 aliphatic carbocycles. The van der Waals surface area contributed by atoms with Crippen LogP contribution < -0.4 is 4.74 Å². The fourth-order valence-electron chi connectivity index (χ4n) is 1.71. The molecule has 0 bridgehead atoms. The molecule has 2 rings (SSSR count). The summed E-state index contributed by atoms with van der Waals surface area (Å²) >= 11 is 1.36. The summed E-state index contributed by atoms with van der Waals surface area (Å²) in [6.07, 6.45) is 1.81. The lowest BCUT2D eigenvalue weighted by molar-refractivity contribution is -0.385. The van der Waals surface area contributed by atoms with Crippen LogP contribution in [0.15, 0.2) is 41.3 Å². The number of nitro groups is 1. The number of nitrogens with zero attached hydrogens (tertiary/aromatic N) is 2. The maximum Gasteiger partial charge on any atom is 0.314 e. The predicted molar refractivity (Wildman–Crippen MR) is 76.1 cm³/mol. The molecular weight excluding hydrogens is 295 g/mol. The van der Waals surface area contributed by atoms with E-state index in [0.29, 0.717) is 4.90 Å². The molecule has 0 fully saturated rings. The van der Waals surface area contributed by atoms with Crippen molar-refractivity contribution in [2.45, 2.75) is 4.90 Å². The first-order chi connectivity index (χ1) is 10.1. The lowest BCUT2D eigenvalue weighted by Crippen LogP contribution is -1.96. The number of hydrogen-bond acceptors (Lipinski definition) is 5. The molecule has 106 valence electrons. The summed E-state index contributed by atoms with van der Waals surface area (Å²) < 4.78 is 18.5. The fourth-order valence-corrected chi connectivity index (χ4v) is 2.28. The van der Waals surface area contributed by atoms with Crippen LogP contribution in [0.3, 0.4) is 0 Å². The van der Waals surface area contributed by atoms with Gasteiger partial charge in [0.25, 0.3) is 0 Å². The van der Waals surface area contributed by atoms with E-state index in [9.17, 15) is 19.8 Å². The van der Waals surface area contributed by atoms with Crippen LogP contribution in [0.1, 0.15) is 5.56 Å².